The summed E-state index contributed by atoms with van der Waals surface area (Å²) < 4.78 is 1.66. The number of aliphatic imine (C=N–C) groups is 1. The molecule has 1 N–H and O–H groups in total. The van der Waals surface area contributed by atoms with Gasteiger partial charge in [-0.25, -0.2) is 4.58 Å². The van der Waals surface area contributed by atoms with E-state index < -0.39 is 0 Å². The quantitative estimate of drug-likeness (QED) is 0.234. The molecule has 82 valence electrons. The summed E-state index contributed by atoms with van der Waals surface area (Å²) in [7, 11) is 1.83. The van der Waals surface area contributed by atoms with Crippen molar-refractivity contribution in [1.29, 1.82) is 0 Å². The number of aliphatic hydroxyl groups is 1. The molecule has 0 aliphatic carbocycles. The van der Waals surface area contributed by atoms with E-state index in [1.54, 1.807) is 17.0 Å². The first-order chi connectivity index (χ1) is 7.02. The zero-order chi connectivity index (χ0) is 11.7. The maximum atomic E-state index is 8.76. The first kappa shape index (κ1) is 13.4. The van der Waals surface area contributed by atoms with Crippen LogP contribution in [0.15, 0.2) is 41.6 Å². The Morgan fingerprint density at radius 2 is 2.20 bits per heavy atom. The molecule has 0 aliphatic heterocycles. The SMILES string of the molecule is C=C(O)/C=C\C=C/CC(C)/N=C\[N+](=C)C. The summed E-state index contributed by atoms with van der Waals surface area (Å²) in [5, 5.41) is 8.76. The van der Waals surface area contributed by atoms with Crippen molar-refractivity contribution < 1.29 is 9.68 Å². The third-order valence-corrected chi connectivity index (χ3v) is 1.53. The van der Waals surface area contributed by atoms with Gasteiger partial charge in [0.1, 0.15) is 11.8 Å². The summed E-state index contributed by atoms with van der Waals surface area (Å²) >= 11 is 0. The molecule has 1 atom stereocenters. The van der Waals surface area contributed by atoms with Gasteiger partial charge in [0, 0.05) is 6.42 Å². The lowest BCUT2D eigenvalue weighted by atomic mass is 10.2. The summed E-state index contributed by atoms with van der Waals surface area (Å²) in [4.78, 5) is 4.25. The highest BCUT2D eigenvalue weighted by molar-refractivity contribution is 5.47. The molecular formula is C12H19N2O+. The molecule has 1 unspecified atom stereocenters. The van der Waals surface area contributed by atoms with E-state index in [2.05, 4.69) is 18.3 Å². The molecule has 3 nitrogen and oxygen atoms in total. The van der Waals surface area contributed by atoms with Crippen molar-refractivity contribution in [1.82, 2.24) is 0 Å². The minimum Gasteiger partial charge on any atom is -0.509 e. The summed E-state index contributed by atoms with van der Waals surface area (Å²) in [6.45, 7) is 9.02. The monoisotopic (exact) mass is 207 g/mol. The van der Waals surface area contributed by atoms with Gasteiger partial charge >= 0.3 is 0 Å². The highest BCUT2D eigenvalue weighted by atomic mass is 16.3. The molecule has 0 rings (SSSR count). The molecule has 0 fully saturated rings. The van der Waals surface area contributed by atoms with Crippen LogP contribution in [0.25, 0.3) is 0 Å². The van der Waals surface area contributed by atoms with E-state index in [1.807, 2.05) is 26.1 Å². The summed E-state index contributed by atoms with van der Waals surface area (Å²) in [5.41, 5.74) is 0. The molecule has 0 bridgehead atoms. The van der Waals surface area contributed by atoms with Crippen molar-refractivity contribution in [2.75, 3.05) is 7.05 Å². The number of rotatable bonds is 6. The second kappa shape index (κ2) is 7.74. The Labute approximate surface area is 91.5 Å². The zero-order valence-electron chi connectivity index (χ0n) is 9.43. The third kappa shape index (κ3) is 10.3. The molecule has 0 aromatic rings. The highest BCUT2D eigenvalue weighted by Gasteiger charge is 1.99. The smallest absolute Gasteiger partial charge is 0.279 e. The van der Waals surface area contributed by atoms with E-state index >= 15 is 0 Å². The van der Waals surface area contributed by atoms with E-state index in [1.165, 1.54) is 6.08 Å². The van der Waals surface area contributed by atoms with Gasteiger partial charge < -0.3 is 5.11 Å². The van der Waals surface area contributed by atoms with Crippen molar-refractivity contribution in [3.8, 4) is 0 Å². The van der Waals surface area contributed by atoms with Gasteiger partial charge in [0.25, 0.3) is 6.34 Å². The molecule has 0 aromatic carbocycles. The molecule has 0 saturated carbocycles. The summed E-state index contributed by atoms with van der Waals surface area (Å²) in [5.74, 6) is 0.0596. The van der Waals surface area contributed by atoms with Gasteiger partial charge in [0.05, 0.1) is 13.8 Å². The highest BCUT2D eigenvalue weighted by Crippen LogP contribution is 1.97. The van der Waals surface area contributed by atoms with Crippen LogP contribution in [0, 0.1) is 0 Å². The fraction of sp³-hybridized carbons (Fsp3) is 0.333. The van der Waals surface area contributed by atoms with Gasteiger partial charge in [-0.2, -0.15) is 0 Å². The number of aliphatic hydroxyl groups excluding tert-OH is 1. The van der Waals surface area contributed by atoms with Crippen LogP contribution in [0.4, 0.5) is 0 Å². The predicted octanol–water partition coefficient (Wildman–Crippen LogP) is 2.32. The summed E-state index contributed by atoms with van der Waals surface area (Å²) in [6, 6.07) is 0.233. The van der Waals surface area contributed by atoms with Gasteiger partial charge in [-0.05, 0) is 13.0 Å². The Kier molecular flexibility index (Phi) is 6.89. The largest absolute Gasteiger partial charge is 0.509 e. The maximum absolute atomic E-state index is 8.76. The predicted molar refractivity (Wildman–Crippen MR) is 65.9 cm³/mol. The maximum Gasteiger partial charge on any atom is 0.279 e. The van der Waals surface area contributed by atoms with Crippen LogP contribution in [-0.2, 0) is 0 Å². The molecule has 15 heavy (non-hydrogen) atoms. The number of hydrogen-bond acceptors (Lipinski definition) is 2. The van der Waals surface area contributed by atoms with Crippen LogP contribution in [-0.4, -0.2) is 35.8 Å². The van der Waals surface area contributed by atoms with Crippen LogP contribution >= 0.6 is 0 Å². The lowest BCUT2D eigenvalue weighted by Gasteiger charge is -1.92. The zero-order valence-corrected chi connectivity index (χ0v) is 9.43. The fourth-order valence-electron chi connectivity index (χ4n) is 0.809. The Morgan fingerprint density at radius 3 is 2.73 bits per heavy atom. The second-order valence-corrected chi connectivity index (χ2v) is 3.38. The van der Waals surface area contributed by atoms with Crippen LogP contribution in [0.2, 0.25) is 0 Å². The Hall–Kier alpha value is -1.64. The van der Waals surface area contributed by atoms with Crippen molar-refractivity contribution >= 4 is 13.1 Å². The third-order valence-electron chi connectivity index (χ3n) is 1.53. The molecular weight excluding hydrogens is 188 g/mol. The van der Waals surface area contributed by atoms with Gasteiger partial charge in [-0.1, -0.05) is 29.8 Å². The number of nitrogens with zero attached hydrogens (tertiary/aromatic N) is 2. The normalized spacial score (nSPS) is 14.0. The topological polar surface area (TPSA) is 35.6 Å². The minimum absolute atomic E-state index is 0.0596. The van der Waals surface area contributed by atoms with E-state index in [9.17, 15) is 0 Å². The van der Waals surface area contributed by atoms with Gasteiger partial charge in [-0.15, -0.1) is 0 Å². The average molecular weight is 207 g/mol. The van der Waals surface area contributed by atoms with Crippen LogP contribution < -0.4 is 0 Å². The van der Waals surface area contributed by atoms with Crippen LogP contribution in [0.3, 0.4) is 0 Å². The van der Waals surface area contributed by atoms with E-state index in [-0.39, 0.29) is 11.8 Å². The lowest BCUT2D eigenvalue weighted by molar-refractivity contribution is -0.349. The van der Waals surface area contributed by atoms with E-state index in [4.69, 9.17) is 5.11 Å². The molecule has 0 aliphatic rings. The van der Waals surface area contributed by atoms with Crippen molar-refractivity contribution in [2.24, 2.45) is 4.99 Å². The van der Waals surface area contributed by atoms with Crippen molar-refractivity contribution in [2.45, 2.75) is 19.4 Å². The Bertz CT molecular complexity index is 301. The molecule has 0 amide bonds. The Morgan fingerprint density at radius 1 is 1.53 bits per heavy atom. The van der Waals surface area contributed by atoms with E-state index in [0.29, 0.717) is 0 Å². The molecule has 3 heteroatoms. The molecule has 0 heterocycles. The molecule has 0 radical (unpaired) electrons. The first-order valence-electron chi connectivity index (χ1n) is 4.80. The summed E-state index contributed by atoms with van der Waals surface area (Å²) in [6.07, 6.45) is 9.68. The van der Waals surface area contributed by atoms with Crippen molar-refractivity contribution in [3.63, 3.8) is 0 Å². The van der Waals surface area contributed by atoms with Gasteiger partial charge in [0.15, 0.2) is 0 Å². The molecule has 0 aromatic heterocycles. The van der Waals surface area contributed by atoms with Crippen LogP contribution in [0.5, 0.6) is 0 Å². The van der Waals surface area contributed by atoms with E-state index in [0.717, 1.165) is 6.42 Å². The van der Waals surface area contributed by atoms with Gasteiger partial charge in [0.2, 0.25) is 0 Å². The number of allylic oxidation sites excluding steroid dienone is 3. The average Bonchev–Trinajstić information content (AvgIpc) is 2.13. The number of hydrogen-bond donors (Lipinski definition) is 1. The second-order valence-electron chi connectivity index (χ2n) is 3.38. The first-order valence-corrected chi connectivity index (χ1v) is 4.80. The standard InChI is InChI=1S/C12H18N2O/c1-11(13-10-14(3)4)8-6-5-7-9-12(2)15/h5-7,9-11H,2-3,8H2,1,4H3/p+1/b6-5-,9-7-,13-10-. The van der Waals surface area contributed by atoms with Crippen LogP contribution in [0.1, 0.15) is 13.3 Å². The lowest BCUT2D eigenvalue weighted by Crippen LogP contribution is -2.02. The van der Waals surface area contributed by atoms with Crippen molar-refractivity contribution in [3.05, 3.63) is 36.6 Å². The fourth-order valence-corrected chi connectivity index (χ4v) is 0.809. The molecule has 0 saturated heterocycles. The Balaban J connectivity index is 3.85. The van der Waals surface area contributed by atoms with Gasteiger partial charge in [-0.3, -0.25) is 0 Å². The molecule has 0 spiro atoms. The minimum atomic E-state index is 0.0596.